The second kappa shape index (κ2) is 25.5. The first-order chi connectivity index (χ1) is 5.93. The summed E-state index contributed by atoms with van der Waals surface area (Å²) in [5, 5.41) is 0. The van der Waals surface area contributed by atoms with Crippen molar-refractivity contribution >= 4 is 67.9 Å². The van der Waals surface area contributed by atoms with Crippen molar-refractivity contribution in [2.45, 2.75) is 58.3 Å². The molecule has 0 saturated heterocycles. The molecule has 1 rings (SSSR count). The summed E-state index contributed by atoms with van der Waals surface area (Å²) in [6.45, 7) is 8.29. The van der Waals surface area contributed by atoms with E-state index in [1.54, 1.807) is 0 Å². The molecule has 1 aliphatic carbocycles. The van der Waals surface area contributed by atoms with Crippen molar-refractivity contribution in [1.82, 2.24) is 0 Å². The van der Waals surface area contributed by atoms with Crippen LogP contribution in [0.2, 0.25) is 0 Å². The molecular formula is C12H28Br4. The average Bonchev–Trinajstić information content (AvgIpc) is 2.19. The first-order valence-electron chi connectivity index (χ1n) is 5.43. The van der Waals surface area contributed by atoms with Gasteiger partial charge >= 0.3 is 0 Å². The van der Waals surface area contributed by atoms with Gasteiger partial charge in [0, 0.05) is 0 Å². The van der Waals surface area contributed by atoms with E-state index in [1.165, 1.54) is 51.4 Å². The molecule has 0 aliphatic heterocycles. The summed E-state index contributed by atoms with van der Waals surface area (Å²) in [6, 6.07) is 0. The zero-order valence-electron chi connectivity index (χ0n) is 10.3. The van der Waals surface area contributed by atoms with Crippen molar-refractivity contribution < 1.29 is 0 Å². The van der Waals surface area contributed by atoms with E-state index >= 15 is 0 Å². The molecule has 0 spiro atoms. The summed E-state index contributed by atoms with van der Waals surface area (Å²) < 4.78 is 0. The molecule has 16 heavy (non-hydrogen) atoms. The number of unbranched alkanes of at least 4 members (excludes halogenated alkanes) is 1. The molecule has 0 atom stereocenters. The highest BCUT2D eigenvalue weighted by molar-refractivity contribution is 8.93. The maximum atomic E-state index is 3.00. The lowest BCUT2D eigenvalue weighted by atomic mass is 9.86. The number of hydrogen-bond acceptors (Lipinski definition) is 0. The monoisotopic (exact) mass is 488 g/mol. The van der Waals surface area contributed by atoms with Crippen LogP contribution in [0, 0.1) is 5.92 Å². The molecule has 0 N–H and O–H groups in total. The van der Waals surface area contributed by atoms with E-state index in [4.69, 9.17) is 0 Å². The van der Waals surface area contributed by atoms with Crippen LogP contribution in [0.4, 0.5) is 0 Å². The molecule has 1 fully saturated rings. The number of rotatable bonds is 3. The Morgan fingerprint density at radius 1 is 0.875 bits per heavy atom. The lowest BCUT2D eigenvalue weighted by molar-refractivity contribution is 0.331. The molecular weight excluding hydrogens is 464 g/mol. The Hall–Kier alpha value is 1.66. The predicted molar refractivity (Wildman–Crippen MR) is 98.6 cm³/mol. The summed E-state index contributed by atoms with van der Waals surface area (Å²) in [6.07, 6.45) is 11.9. The maximum absolute atomic E-state index is 3.00. The fraction of sp³-hybridized carbons (Fsp3) is 0.833. The van der Waals surface area contributed by atoms with Crippen molar-refractivity contribution in [2.75, 3.05) is 0 Å². The Bertz CT molecular complexity index is 93.0. The highest BCUT2D eigenvalue weighted by atomic mass is 79.9. The molecule has 104 valence electrons. The molecule has 0 amide bonds. The van der Waals surface area contributed by atoms with Crippen LogP contribution >= 0.6 is 67.9 Å². The van der Waals surface area contributed by atoms with Crippen molar-refractivity contribution in [1.29, 1.82) is 0 Å². The minimum atomic E-state index is 0. The van der Waals surface area contributed by atoms with E-state index in [1.807, 2.05) is 0 Å². The van der Waals surface area contributed by atoms with Gasteiger partial charge < -0.3 is 0 Å². The summed E-state index contributed by atoms with van der Waals surface area (Å²) >= 11 is 0. The smallest absolute Gasteiger partial charge is 0.0414 e. The van der Waals surface area contributed by atoms with E-state index < -0.39 is 0 Å². The quantitative estimate of drug-likeness (QED) is 0.378. The normalized spacial score (nSPS) is 13.6. The molecule has 0 heterocycles. The zero-order valence-corrected chi connectivity index (χ0v) is 17.1. The summed E-state index contributed by atoms with van der Waals surface area (Å²) in [7, 11) is 0. The number of hydrogen-bond donors (Lipinski definition) is 0. The Balaban J connectivity index is -0.0000000637. The van der Waals surface area contributed by atoms with Gasteiger partial charge in [0.05, 0.1) is 0 Å². The molecule has 1 aliphatic rings. The fourth-order valence-electron chi connectivity index (χ4n) is 1.97. The minimum Gasteiger partial charge on any atom is -0.114 e. The van der Waals surface area contributed by atoms with Crippen LogP contribution in [0.25, 0.3) is 0 Å². The van der Waals surface area contributed by atoms with Gasteiger partial charge in [-0.15, -0.1) is 81.1 Å². The standard InChI is InChI=1S/C10H20.C2H4.4BrH/c1-2-3-7-10-8-5-4-6-9-10;1-2;;;;/h10H,2-9H2,1H3;1-2H2;4*1H. The molecule has 0 unspecified atom stereocenters. The van der Waals surface area contributed by atoms with E-state index in [2.05, 4.69) is 20.1 Å². The third-order valence-electron chi connectivity index (χ3n) is 2.69. The average molecular weight is 492 g/mol. The molecule has 0 radical (unpaired) electrons. The van der Waals surface area contributed by atoms with Gasteiger partial charge in [0.15, 0.2) is 0 Å². The van der Waals surface area contributed by atoms with Gasteiger partial charge in [0.25, 0.3) is 0 Å². The highest BCUT2D eigenvalue weighted by Gasteiger charge is 2.11. The Labute approximate surface area is 144 Å². The first-order valence-corrected chi connectivity index (χ1v) is 5.43. The van der Waals surface area contributed by atoms with E-state index in [0.717, 1.165) is 5.92 Å². The molecule has 1 saturated carbocycles. The lowest BCUT2D eigenvalue weighted by Gasteiger charge is -2.20. The fourth-order valence-corrected chi connectivity index (χ4v) is 1.97. The van der Waals surface area contributed by atoms with Crippen LogP contribution in [0.1, 0.15) is 58.3 Å². The van der Waals surface area contributed by atoms with Crippen LogP contribution in [-0.4, -0.2) is 0 Å². The van der Waals surface area contributed by atoms with Gasteiger partial charge in [-0.05, 0) is 5.92 Å². The summed E-state index contributed by atoms with van der Waals surface area (Å²) in [5.41, 5.74) is 0. The second-order valence-corrected chi connectivity index (χ2v) is 3.65. The molecule has 4 heteroatoms. The van der Waals surface area contributed by atoms with Crippen LogP contribution < -0.4 is 0 Å². The summed E-state index contributed by atoms with van der Waals surface area (Å²) in [4.78, 5) is 0. The number of halogens is 4. The molecule has 0 nitrogen and oxygen atoms in total. The molecule has 0 bridgehead atoms. The van der Waals surface area contributed by atoms with Crippen molar-refractivity contribution in [3.8, 4) is 0 Å². The Kier molecular flexibility index (Phi) is 48.7. The van der Waals surface area contributed by atoms with Crippen LogP contribution in [0.5, 0.6) is 0 Å². The van der Waals surface area contributed by atoms with E-state index in [0.29, 0.717) is 0 Å². The van der Waals surface area contributed by atoms with Crippen LogP contribution in [0.15, 0.2) is 13.2 Å². The first kappa shape index (κ1) is 30.6. The van der Waals surface area contributed by atoms with Crippen molar-refractivity contribution in [3.63, 3.8) is 0 Å². The SMILES string of the molecule is Br.Br.Br.Br.C=C.CCCCC1CCCCC1. The minimum absolute atomic E-state index is 0. The van der Waals surface area contributed by atoms with Gasteiger partial charge in [-0.3, -0.25) is 0 Å². The third-order valence-corrected chi connectivity index (χ3v) is 2.69. The Morgan fingerprint density at radius 3 is 1.69 bits per heavy atom. The topological polar surface area (TPSA) is 0 Å². The van der Waals surface area contributed by atoms with Gasteiger partial charge in [-0.1, -0.05) is 58.3 Å². The van der Waals surface area contributed by atoms with Gasteiger partial charge in [-0.25, -0.2) is 0 Å². The van der Waals surface area contributed by atoms with Crippen molar-refractivity contribution in [2.24, 2.45) is 5.92 Å². The van der Waals surface area contributed by atoms with Gasteiger partial charge in [-0.2, -0.15) is 0 Å². The molecule has 0 aromatic heterocycles. The van der Waals surface area contributed by atoms with Gasteiger partial charge in [0.2, 0.25) is 0 Å². The lowest BCUT2D eigenvalue weighted by Crippen LogP contribution is -2.05. The van der Waals surface area contributed by atoms with E-state index in [-0.39, 0.29) is 67.9 Å². The third kappa shape index (κ3) is 18.0. The summed E-state index contributed by atoms with van der Waals surface area (Å²) in [5.74, 6) is 1.11. The Morgan fingerprint density at radius 2 is 1.31 bits per heavy atom. The van der Waals surface area contributed by atoms with E-state index in [9.17, 15) is 0 Å². The molecule has 0 aromatic rings. The van der Waals surface area contributed by atoms with Crippen LogP contribution in [0.3, 0.4) is 0 Å². The second-order valence-electron chi connectivity index (χ2n) is 3.65. The largest absolute Gasteiger partial charge is 0.114 e. The maximum Gasteiger partial charge on any atom is -0.0414 e. The van der Waals surface area contributed by atoms with Crippen LogP contribution in [-0.2, 0) is 0 Å². The van der Waals surface area contributed by atoms with Gasteiger partial charge in [0.1, 0.15) is 0 Å². The van der Waals surface area contributed by atoms with Crippen molar-refractivity contribution in [3.05, 3.63) is 13.2 Å². The zero-order chi connectivity index (χ0) is 9.23. The predicted octanol–water partition coefficient (Wildman–Crippen LogP) is 6.87. The highest BCUT2D eigenvalue weighted by Crippen LogP contribution is 2.27. The molecule has 0 aromatic carbocycles.